The predicted molar refractivity (Wildman–Crippen MR) is 73.3 cm³/mol. The average molecular weight is 220 g/mol. The molecule has 0 spiro atoms. The van der Waals surface area contributed by atoms with Crippen LogP contribution < -0.4 is 10.2 Å². The number of anilines is 2. The molecule has 2 nitrogen and oxygen atoms in total. The van der Waals surface area contributed by atoms with Crippen LogP contribution in [-0.2, 0) is 0 Å². The van der Waals surface area contributed by atoms with Crippen molar-refractivity contribution >= 4 is 11.4 Å². The van der Waals surface area contributed by atoms with Gasteiger partial charge in [0.2, 0.25) is 0 Å². The first-order chi connectivity index (χ1) is 7.38. The van der Waals surface area contributed by atoms with E-state index in [1.54, 1.807) is 0 Å². The van der Waals surface area contributed by atoms with Crippen molar-refractivity contribution in [3.63, 3.8) is 0 Å². The Hall–Kier alpha value is -1.18. The first-order valence-corrected chi connectivity index (χ1v) is 5.90. The minimum absolute atomic E-state index is 0.399. The summed E-state index contributed by atoms with van der Waals surface area (Å²) in [5.41, 5.74) is 2.84. The van der Waals surface area contributed by atoms with Gasteiger partial charge in [0.1, 0.15) is 0 Å². The molecule has 0 heterocycles. The van der Waals surface area contributed by atoms with Crippen LogP contribution in [0.3, 0.4) is 0 Å². The second-order valence-corrected chi connectivity index (χ2v) is 5.68. The van der Waals surface area contributed by atoms with E-state index in [9.17, 15) is 0 Å². The molecule has 1 aromatic carbocycles. The number of benzene rings is 1. The van der Waals surface area contributed by atoms with Gasteiger partial charge in [-0.05, 0) is 36.1 Å². The Morgan fingerprint density at radius 1 is 1.06 bits per heavy atom. The van der Waals surface area contributed by atoms with Crippen molar-refractivity contribution in [1.29, 1.82) is 0 Å². The highest BCUT2D eigenvalue weighted by atomic mass is 15.1. The fourth-order valence-electron chi connectivity index (χ4n) is 1.46. The molecule has 0 aliphatic heterocycles. The lowest BCUT2D eigenvalue weighted by atomic mass is 9.92. The van der Waals surface area contributed by atoms with Crippen molar-refractivity contribution in [2.24, 2.45) is 5.41 Å². The monoisotopic (exact) mass is 220 g/mol. The third-order valence-corrected chi connectivity index (χ3v) is 2.59. The molecule has 0 amide bonds. The Kier molecular flexibility index (Phi) is 4.22. The highest BCUT2D eigenvalue weighted by Gasteiger charge is 2.08. The molecule has 0 fully saturated rings. The third kappa shape index (κ3) is 4.56. The van der Waals surface area contributed by atoms with E-state index in [1.165, 1.54) is 17.8 Å². The van der Waals surface area contributed by atoms with Crippen molar-refractivity contribution in [3.8, 4) is 0 Å². The lowest BCUT2D eigenvalue weighted by Gasteiger charge is -2.19. The maximum Gasteiger partial charge on any atom is 0.0362 e. The molecule has 0 aromatic heterocycles. The van der Waals surface area contributed by atoms with E-state index < -0.39 is 0 Å². The Balaban J connectivity index is 2.44. The van der Waals surface area contributed by atoms with Gasteiger partial charge in [-0.15, -0.1) is 0 Å². The fourth-order valence-corrected chi connectivity index (χ4v) is 1.46. The van der Waals surface area contributed by atoms with E-state index in [0.717, 1.165) is 6.54 Å². The molecule has 1 aromatic rings. The number of hydrogen-bond acceptors (Lipinski definition) is 2. The van der Waals surface area contributed by atoms with Gasteiger partial charge in [0.25, 0.3) is 0 Å². The van der Waals surface area contributed by atoms with Gasteiger partial charge >= 0.3 is 0 Å². The van der Waals surface area contributed by atoms with Gasteiger partial charge in [0.15, 0.2) is 0 Å². The highest BCUT2D eigenvalue weighted by molar-refractivity contribution is 5.54. The number of nitrogens with zero attached hydrogens (tertiary/aromatic N) is 1. The van der Waals surface area contributed by atoms with Crippen LogP contribution in [0.1, 0.15) is 27.2 Å². The van der Waals surface area contributed by atoms with Crippen LogP contribution in [0.2, 0.25) is 0 Å². The smallest absolute Gasteiger partial charge is 0.0362 e. The van der Waals surface area contributed by atoms with Crippen LogP contribution in [0.15, 0.2) is 24.3 Å². The topological polar surface area (TPSA) is 15.3 Å². The van der Waals surface area contributed by atoms with Crippen LogP contribution in [-0.4, -0.2) is 20.6 Å². The normalized spacial score (nSPS) is 11.3. The van der Waals surface area contributed by atoms with Crippen LogP contribution in [0.5, 0.6) is 0 Å². The molecule has 1 rings (SSSR count). The Labute approximate surface area is 99.7 Å². The van der Waals surface area contributed by atoms with Gasteiger partial charge in [-0.3, -0.25) is 0 Å². The lowest BCUT2D eigenvalue weighted by molar-refractivity contribution is 0.390. The molecule has 0 saturated heterocycles. The van der Waals surface area contributed by atoms with Crippen molar-refractivity contribution < 1.29 is 0 Å². The molecule has 2 heteroatoms. The van der Waals surface area contributed by atoms with E-state index in [0.29, 0.717) is 5.41 Å². The van der Waals surface area contributed by atoms with Crippen molar-refractivity contribution in [1.82, 2.24) is 0 Å². The molecule has 1 N–H and O–H groups in total. The van der Waals surface area contributed by atoms with E-state index >= 15 is 0 Å². The largest absolute Gasteiger partial charge is 0.385 e. The predicted octanol–water partition coefficient (Wildman–Crippen LogP) is 3.60. The second-order valence-electron chi connectivity index (χ2n) is 5.68. The van der Waals surface area contributed by atoms with Gasteiger partial charge in [-0.25, -0.2) is 0 Å². The molecular formula is C14H24N2. The minimum atomic E-state index is 0.399. The summed E-state index contributed by atoms with van der Waals surface area (Å²) in [7, 11) is 4.12. The molecular weight excluding hydrogens is 196 g/mol. The van der Waals surface area contributed by atoms with Gasteiger partial charge in [0, 0.05) is 32.0 Å². The molecule has 0 bridgehead atoms. The Morgan fingerprint density at radius 2 is 1.62 bits per heavy atom. The Morgan fingerprint density at radius 3 is 2.06 bits per heavy atom. The van der Waals surface area contributed by atoms with Crippen LogP contribution in [0.4, 0.5) is 11.4 Å². The SMILES string of the molecule is CN(C)c1ccc(NCCC(C)(C)C)cc1. The van der Waals surface area contributed by atoms with Gasteiger partial charge in [-0.1, -0.05) is 20.8 Å². The number of rotatable bonds is 4. The first-order valence-electron chi connectivity index (χ1n) is 5.90. The molecule has 90 valence electrons. The molecule has 16 heavy (non-hydrogen) atoms. The average Bonchev–Trinajstić information content (AvgIpc) is 2.16. The molecule has 0 atom stereocenters. The van der Waals surface area contributed by atoms with Crippen molar-refractivity contribution in [3.05, 3.63) is 24.3 Å². The maximum atomic E-state index is 3.45. The number of nitrogens with one attached hydrogen (secondary N) is 1. The van der Waals surface area contributed by atoms with E-state index in [-0.39, 0.29) is 0 Å². The second kappa shape index (κ2) is 5.24. The molecule has 0 aliphatic rings. The summed E-state index contributed by atoms with van der Waals surface area (Å²) >= 11 is 0. The highest BCUT2D eigenvalue weighted by Crippen LogP contribution is 2.19. The summed E-state index contributed by atoms with van der Waals surface area (Å²) in [6, 6.07) is 8.55. The van der Waals surface area contributed by atoms with Crippen LogP contribution >= 0.6 is 0 Å². The van der Waals surface area contributed by atoms with Crippen LogP contribution in [0.25, 0.3) is 0 Å². The zero-order chi connectivity index (χ0) is 12.2. The molecule has 0 saturated carbocycles. The molecule has 0 unspecified atom stereocenters. The third-order valence-electron chi connectivity index (χ3n) is 2.59. The molecule has 0 radical (unpaired) electrons. The molecule has 0 aliphatic carbocycles. The summed E-state index contributed by atoms with van der Waals surface area (Å²) in [5, 5.41) is 3.45. The lowest BCUT2D eigenvalue weighted by Crippen LogP contribution is -2.13. The Bertz CT molecular complexity index is 307. The maximum absolute atomic E-state index is 3.45. The van der Waals surface area contributed by atoms with Gasteiger partial charge in [-0.2, -0.15) is 0 Å². The van der Waals surface area contributed by atoms with Crippen LogP contribution in [0, 0.1) is 5.41 Å². The van der Waals surface area contributed by atoms with Gasteiger partial charge < -0.3 is 10.2 Å². The number of hydrogen-bond donors (Lipinski definition) is 1. The van der Waals surface area contributed by atoms with Crippen molar-refractivity contribution in [2.75, 3.05) is 30.9 Å². The summed E-state index contributed by atoms with van der Waals surface area (Å²) in [6.45, 7) is 7.84. The zero-order valence-electron chi connectivity index (χ0n) is 11.2. The van der Waals surface area contributed by atoms with Gasteiger partial charge in [0.05, 0.1) is 0 Å². The van der Waals surface area contributed by atoms with E-state index in [1.807, 2.05) is 0 Å². The fraction of sp³-hybridized carbons (Fsp3) is 0.571. The zero-order valence-corrected chi connectivity index (χ0v) is 11.2. The summed E-state index contributed by atoms with van der Waals surface area (Å²) in [6.07, 6.45) is 1.18. The summed E-state index contributed by atoms with van der Waals surface area (Å²) in [5.74, 6) is 0. The minimum Gasteiger partial charge on any atom is -0.385 e. The summed E-state index contributed by atoms with van der Waals surface area (Å²) in [4.78, 5) is 2.11. The first kappa shape index (κ1) is 12.9. The standard InChI is InChI=1S/C14H24N2/c1-14(2,3)10-11-15-12-6-8-13(9-7-12)16(4)5/h6-9,15H,10-11H2,1-5H3. The van der Waals surface area contributed by atoms with E-state index in [4.69, 9.17) is 0 Å². The van der Waals surface area contributed by atoms with Crippen molar-refractivity contribution in [2.45, 2.75) is 27.2 Å². The van der Waals surface area contributed by atoms with E-state index in [2.05, 4.69) is 69.3 Å². The summed E-state index contributed by atoms with van der Waals surface area (Å²) < 4.78 is 0. The quantitative estimate of drug-likeness (QED) is 0.834.